The van der Waals surface area contributed by atoms with Gasteiger partial charge in [-0.2, -0.15) is 0 Å². The summed E-state index contributed by atoms with van der Waals surface area (Å²) < 4.78 is 36.6. The zero-order valence-corrected chi connectivity index (χ0v) is 92.3. The lowest BCUT2D eigenvalue weighted by Gasteiger charge is -2.58. The molecule has 0 amide bonds. The molecule has 12 rings (SSSR count). The van der Waals surface area contributed by atoms with E-state index in [1.165, 1.54) is 347 Å². The van der Waals surface area contributed by atoms with Gasteiger partial charge in [0.05, 0.1) is 58.0 Å². The highest BCUT2D eigenvalue weighted by Crippen LogP contribution is 2.72. The zero-order valence-electron chi connectivity index (χ0n) is 92.3. The Morgan fingerprint density at radius 2 is 0.515 bits per heavy atom. The quantitative estimate of drug-likeness (QED) is 0.0447. The SMILES string of the molecule is C.C.C.CC(C)CCCC(C)C1CCC2C3CC=C4C[C@@H](OCCCCCCCCC(C)(C)C)CCC4(C)C3CCC12C.CC(C)CCCC(C)C1CCC2C3CC=C4C[C@@H](OCCCCCCCCCCCCCCCCC(C)(C)C)CCC4(C)C3CCC12C.CC(C)CCCC(C)C1CCC2C3CC=C4C[C@@H](OCCOCCOCCOCCC(C)(C)C)CCC4(C)C3CCC12C. The van der Waals surface area contributed by atoms with E-state index >= 15 is 0 Å². The fraction of sp³-hybridized carbons (Fsp3) is 0.953. The van der Waals surface area contributed by atoms with Crippen LogP contribution in [0, 0.1) is 155 Å². The largest absolute Gasteiger partial charge is 0.379 e. The van der Waals surface area contributed by atoms with Crippen LogP contribution in [0.3, 0.4) is 0 Å². The number of unbranched alkanes of at least 4 members (excludes halogenated alkanes) is 18. The fourth-order valence-corrected chi connectivity index (χ4v) is 32.4. The van der Waals surface area contributed by atoms with E-state index in [1.54, 1.807) is 16.7 Å². The minimum atomic E-state index is 0. The summed E-state index contributed by atoms with van der Waals surface area (Å²) in [5.74, 6) is 16.6. The second-order valence-electron chi connectivity index (χ2n) is 54.9. The smallest absolute Gasteiger partial charge is 0.0704 e. The van der Waals surface area contributed by atoms with E-state index in [0.29, 0.717) is 107 Å². The number of ether oxygens (including phenoxy) is 6. The molecule has 9 fully saturated rings. The molecule has 21 unspecified atom stereocenters. The Morgan fingerprint density at radius 3 is 0.791 bits per heavy atom. The summed E-state index contributed by atoms with van der Waals surface area (Å²) in [6, 6.07) is 0. The molecule has 24 atom stereocenters. The summed E-state index contributed by atoms with van der Waals surface area (Å²) >= 11 is 0. The highest BCUT2D eigenvalue weighted by Gasteiger charge is 2.63. The average Bonchev–Trinajstić information content (AvgIpc) is 1.45. The van der Waals surface area contributed by atoms with Gasteiger partial charge in [-0.15, -0.1) is 0 Å². The van der Waals surface area contributed by atoms with Crippen LogP contribution in [0.4, 0.5) is 0 Å². The average molecular weight is 1870 g/mol. The Hall–Kier alpha value is -1.02. The number of allylic oxidation sites excluding steroid dienone is 3. The Labute approximate surface area is 839 Å². The molecule has 0 aliphatic heterocycles. The van der Waals surface area contributed by atoms with Gasteiger partial charge in [-0.3, -0.25) is 0 Å². The molecule has 0 bridgehead atoms. The number of fused-ring (bicyclic) bond motifs is 15. The van der Waals surface area contributed by atoms with E-state index in [0.717, 1.165) is 139 Å². The summed E-state index contributed by atoms with van der Waals surface area (Å²) in [6.45, 7) is 66.0. The number of hydrogen-bond donors (Lipinski definition) is 0. The van der Waals surface area contributed by atoms with Gasteiger partial charge in [0.15, 0.2) is 0 Å². The molecule has 6 nitrogen and oxygen atoms in total. The van der Waals surface area contributed by atoms with Crippen molar-refractivity contribution >= 4 is 0 Å². The summed E-state index contributed by atoms with van der Waals surface area (Å²) in [7, 11) is 0. The molecule has 0 radical (unpaired) electrons. The molecule has 0 heterocycles. The Bertz CT molecular complexity index is 3260. The fourth-order valence-electron chi connectivity index (χ4n) is 32.4. The van der Waals surface area contributed by atoms with Gasteiger partial charge in [0.1, 0.15) is 0 Å². The summed E-state index contributed by atoms with van der Waals surface area (Å²) in [5, 5.41) is 0. The van der Waals surface area contributed by atoms with Crippen molar-refractivity contribution in [2.45, 2.75) is 566 Å². The van der Waals surface area contributed by atoms with Gasteiger partial charge in [0.25, 0.3) is 0 Å². The molecule has 0 aromatic heterocycles. The predicted molar refractivity (Wildman–Crippen MR) is 586 cm³/mol. The second kappa shape index (κ2) is 57.2. The van der Waals surface area contributed by atoms with Crippen molar-refractivity contribution in [1.29, 1.82) is 0 Å². The van der Waals surface area contributed by atoms with Crippen molar-refractivity contribution in [1.82, 2.24) is 0 Å². The third-order valence-electron chi connectivity index (χ3n) is 40.5. The lowest BCUT2D eigenvalue weighted by Crippen LogP contribution is -2.51. The third kappa shape index (κ3) is 34.6. The lowest BCUT2D eigenvalue weighted by atomic mass is 9.47. The molecule has 0 spiro atoms. The van der Waals surface area contributed by atoms with Gasteiger partial charge < -0.3 is 28.4 Å². The number of rotatable bonds is 53. The van der Waals surface area contributed by atoms with E-state index in [1.807, 2.05) is 0 Å². The van der Waals surface area contributed by atoms with Crippen LogP contribution >= 0.6 is 0 Å². The molecule has 786 valence electrons. The van der Waals surface area contributed by atoms with Crippen molar-refractivity contribution in [2.75, 3.05) is 59.5 Å². The lowest BCUT2D eigenvalue weighted by molar-refractivity contribution is -0.0691. The van der Waals surface area contributed by atoms with Crippen molar-refractivity contribution in [3.05, 3.63) is 34.9 Å². The van der Waals surface area contributed by atoms with Gasteiger partial charge >= 0.3 is 0 Å². The van der Waals surface area contributed by atoms with Crippen LogP contribution in [0.15, 0.2) is 34.9 Å². The molecule has 0 N–H and O–H groups in total. The monoisotopic (exact) mass is 1870 g/mol. The summed E-state index contributed by atoms with van der Waals surface area (Å²) in [6.07, 6.45) is 87.9. The van der Waals surface area contributed by atoms with Gasteiger partial charge in [-0.05, 0) is 341 Å². The highest BCUT2D eigenvalue weighted by atomic mass is 16.6. The Kier molecular flexibility index (Phi) is 51.2. The van der Waals surface area contributed by atoms with Gasteiger partial charge in [-0.25, -0.2) is 0 Å². The van der Waals surface area contributed by atoms with E-state index in [9.17, 15) is 0 Å². The maximum absolute atomic E-state index is 6.57. The van der Waals surface area contributed by atoms with Gasteiger partial charge in [-0.1, -0.05) is 397 Å². The molecule has 0 saturated heterocycles. The van der Waals surface area contributed by atoms with Crippen LogP contribution in [0.5, 0.6) is 0 Å². The molecule has 134 heavy (non-hydrogen) atoms. The van der Waals surface area contributed by atoms with Crippen molar-refractivity contribution in [3.8, 4) is 0 Å². The van der Waals surface area contributed by atoms with Crippen LogP contribution in [-0.4, -0.2) is 77.8 Å². The van der Waals surface area contributed by atoms with Crippen molar-refractivity contribution < 1.29 is 28.4 Å². The van der Waals surface area contributed by atoms with E-state index in [2.05, 4.69) is 184 Å². The third-order valence-corrected chi connectivity index (χ3v) is 40.5. The first-order valence-corrected chi connectivity index (χ1v) is 59.0. The first-order chi connectivity index (χ1) is 62.3. The molecule has 12 aliphatic rings. The molecule has 6 heteroatoms. The first-order valence-electron chi connectivity index (χ1n) is 59.0. The van der Waals surface area contributed by atoms with Gasteiger partial charge in [0, 0.05) is 19.8 Å². The van der Waals surface area contributed by atoms with Crippen LogP contribution < -0.4 is 0 Å². The Balaban J connectivity index is 0.000000272. The molecule has 9 saturated carbocycles. The predicted octanol–water partition coefficient (Wildman–Crippen LogP) is 39.3. The van der Waals surface area contributed by atoms with Crippen molar-refractivity contribution in [2.24, 2.45) is 155 Å². The molecule has 12 aliphatic carbocycles. The summed E-state index contributed by atoms with van der Waals surface area (Å²) in [5.41, 5.74) is 9.76. The Morgan fingerprint density at radius 1 is 0.261 bits per heavy atom. The zero-order chi connectivity index (χ0) is 94.7. The maximum atomic E-state index is 6.57. The topological polar surface area (TPSA) is 55.4 Å². The summed E-state index contributed by atoms with van der Waals surface area (Å²) in [4.78, 5) is 0. The van der Waals surface area contributed by atoms with Gasteiger partial charge in [0.2, 0.25) is 0 Å². The first kappa shape index (κ1) is 120. The van der Waals surface area contributed by atoms with E-state index < -0.39 is 0 Å². The molecule has 0 aromatic rings. The van der Waals surface area contributed by atoms with Crippen LogP contribution in [0.1, 0.15) is 548 Å². The van der Waals surface area contributed by atoms with E-state index in [4.69, 9.17) is 28.4 Å². The molecular formula is C128H238O6. The van der Waals surface area contributed by atoms with Crippen LogP contribution in [0.2, 0.25) is 0 Å². The minimum Gasteiger partial charge on any atom is -0.379 e. The molecular weight excluding hydrogens is 1630 g/mol. The van der Waals surface area contributed by atoms with E-state index in [-0.39, 0.29) is 22.3 Å². The molecule has 0 aromatic carbocycles. The maximum Gasteiger partial charge on any atom is 0.0704 e. The number of hydrogen-bond acceptors (Lipinski definition) is 6. The van der Waals surface area contributed by atoms with Crippen molar-refractivity contribution in [3.63, 3.8) is 0 Å². The van der Waals surface area contributed by atoms with Crippen LogP contribution in [0.25, 0.3) is 0 Å². The normalized spacial score (nSPS) is 33.8. The van der Waals surface area contributed by atoms with Crippen LogP contribution in [-0.2, 0) is 28.4 Å². The second-order valence-corrected chi connectivity index (χ2v) is 54.9. The minimum absolute atomic E-state index is 0. The standard InChI is InChI=1S/C47H86O.C39H70O4.C39H70O.3CH4/c1-37(2)24-23-25-38(3)42-28-29-43-41-27-26-39-36-40(30-33-46(39,7)44(41)31-34-47(42,43)8)48-35-22-20-18-16-14-12-10-9-11-13-15-17-19-21-32-45(4,5)6;1-29(2)10-9-11-30(3)34-14-15-35-33-13-12-31-28-32(16-18-38(31,7)36(33)17-19-39(34,35)8)43-27-26-42-25-24-41-23-22-40-21-20-37(4,5)6;1-29(2)16-15-17-30(3)34-20-21-35-33-19-18-31-28-32(22-25-38(31,7)36(33)23-26-39(34,35)8)40-27-14-12-10-9-11-13-24-37(4,5)6;;;/h26,37-38,40-44H,9-25,27-36H2,1-8H3;12,29-30,32-36H,9-11,13-28H2,1-8H3;18,29-30,32-36H,9-17,19-28H2,1-8H3;3*1H4/t38?,40-,41?,42?,43?,44?,46?,47?;2*30?,32-,33?,34?,35?,36?,38?,39?;;;/m000.../s1. The highest BCUT2D eigenvalue weighted by molar-refractivity contribution is 5.29.